The third kappa shape index (κ3) is 9.85. The summed E-state index contributed by atoms with van der Waals surface area (Å²) in [4.78, 5) is 47.6. The van der Waals surface area contributed by atoms with E-state index in [1.54, 1.807) is 0 Å². The molecule has 2 unspecified atom stereocenters. The topological polar surface area (TPSA) is 188 Å². The van der Waals surface area contributed by atoms with Gasteiger partial charge in [-0.2, -0.15) is 26.3 Å². The molecular formula is C34H26F6N6O8S2. The van der Waals surface area contributed by atoms with Gasteiger partial charge in [-0.1, -0.05) is 0 Å². The maximum atomic E-state index is 13.1. The number of fused-ring (bicyclic) bond motifs is 2. The van der Waals surface area contributed by atoms with Crippen LogP contribution in [0.2, 0.25) is 0 Å². The van der Waals surface area contributed by atoms with Gasteiger partial charge < -0.3 is 28.9 Å². The highest BCUT2D eigenvalue weighted by molar-refractivity contribution is 7.84. The van der Waals surface area contributed by atoms with Crippen molar-refractivity contribution in [3.05, 3.63) is 83.4 Å². The minimum absolute atomic E-state index is 0.00216. The molecule has 0 aliphatic heterocycles. The lowest BCUT2D eigenvalue weighted by atomic mass is 10.2. The molecule has 294 valence electrons. The zero-order chi connectivity index (χ0) is 40.4. The van der Waals surface area contributed by atoms with Crippen LogP contribution in [0.4, 0.5) is 26.3 Å². The Morgan fingerprint density at radius 3 is 1.41 bits per heavy atom. The molecule has 6 aromatic rings. The van der Waals surface area contributed by atoms with Gasteiger partial charge >= 0.3 is 24.3 Å². The second-order valence-electron chi connectivity index (χ2n) is 11.8. The number of hydrogen-bond acceptors (Lipinski definition) is 12. The first-order chi connectivity index (χ1) is 26.4. The van der Waals surface area contributed by atoms with Gasteiger partial charge in [-0.3, -0.25) is 18.4 Å². The van der Waals surface area contributed by atoms with E-state index in [4.69, 9.17) is 18.9 Å². The summed E-state index contributed by atoms with van der Waals surface area (Å²) < 4.78 is 122. The van der Waals surface area contributed by atoms with Crippen LogP contribution in [0.1, 0.15) is 22.5 Å². The first kappa shape index (κ1) is 39.8. The highest BCUT2D eigenvalue weighted by Gasteiger charge is 2.30. The van der Waals surface area contributed by atoms with Crippen molar-refractivity contribution in [3.63, 3.8) is 0 Å². The summed E-state index contributed by atoms with van der Waals surface area (Å²) in [5, 5.41) is 0.00431. The molecule has 0 amide bonds. The lowest BCUT2D eigenvalue weighted by Gasteiger charge is -2.13. The Kier molecular flexibility index (Phi) is 11.4. The van der Waals surface area contributed by atoms with Gasteiger partial charge in [0.05, 0.1) is 66.6 Å². The van der Waals surface area contributed by atoms with Crippen molar-refractivity contribution in [2.45, 2.75) is 48.0 Å². The molecule has 0 fully saturated rings. The fraction of sp³-hybridized carbons (Fsp3) is 0.235. The number of carbonyl (C=O) groups excluding carboxylic acids is 2. The van der Waals surface area contributed by atoms with Crippen LogP contribution in [-0.4, -0.2) is 75.8 Å². The van der Waals surface area contributed by atoms with Gasteiger partial charge in [0.15, 0.2) is 23.5 Å². The number of benzene rings is 2. The number of aromatic nitrogens is 6. The largest absolute Gasteiger partial charge is 0.484 e. The van der Waals surface area contributed by atoms with Crippen LogP contribution in [0.25, 0.3) is 22.1 Å². The van der Waals surface area contributed by atoms with E-state index in [2.05, 4.69) is 29.9 Å². The second-order valence-corrected chi connectivity index (χ2v) is 14.5. The number of ether oxygens (including phenoxy) is 4. The third-order valence-corrected chi connectivity index (χ3v) is 10.0. The standard InChI is InChI=1S/C34H26F6N6O8S2/c1-17-25(41-9-7-27(17)51-15-33(35,36)37)13-55(49)31-43-21-5-3-19(11-23(21)45-31)53-29(47)30(48)54-20-4-6-22-24(12-20)46-32(44-22)56(50)14-26-18(2)28(8-10-42-26)52-16-34(38,39)40/h3-12H,13-16H2,1-2H3,(H,43,45)(H,44,46). The zero-order valence-corrected chi connectivity index (χ0v) is 30.4. The van der Waals surface area contributed by atoms with Crippen LogP contribution in [0.5, 0.6) is 23.0 Å². The predicted octanol–water partition coefficient (Wildman–Crippen LogP) is 5.85. The van der Waals surface area contributed by atoms with Crippen LogP contribution in [-0.2, 0) is 42.7 Å². The van der Waals surface area contributed by atoms with Crippen molar-refractivity contribution in [2.24, 2.45) is 0 Å². The van der Waals surface area contributed by atoms with Gasteiger partial charge in [-0.25, -0.2) is 19.6 Å². The first-order valence-corrected chi connectivity index (χ1v) is 18.5. The molecule has 2 atom stereocenters. The van der Waals surface area contributed by atoms with Gasteiger partial charge in [0.25, 0.3) is 0 Å². The molecule has 22 heteroatoms. The van der Waals surface area contributed by atoms with Gasteiger partial charge in [-0.05, 0) is 50.2 Å². The Balaban J connectivity index is 1.06. The molecule has 4 heterocycles. The molecule has 14 nitrogen and oxygen atoms in total. The van der Waals surface area contributed by atoms with Gasteiger partial charge in [-0.15, -0.1) is 0 Å². The minimum Gasteiger partial charge on any atom is -0.484 e. The Morgan fingerprint density at radius 2 is 1.04 bits per heavy atom. The zero-order valence-electron chi connectivity index (χ0n) is 28.7. The first-order valence-electron chi connectivity index (χ1n) is 15.9. The van der Waals surface area contributed by atoms with Crippen LogP contribution in [0.3, 0.4) is 0 Å². The molecule has 2 N–H and O–H groups in total. The van der Waals surface area contributed by atoms with E-state index in [1.807, 2.05) is 0 Å². The summed E-state index contributed by atoms with van der Waals surface area (Å²) >= 11 is 0. The summed E-state index contributed by atoms with van der Waals surface area (Å²) in [5.41, 5.74) is 2.23. The average molecular weight is 825 g/mol. The van der Waals surface area contributed by atoms with E-state index in [1.165, 1.54) is 74.8 Å². The molecule has 0 radical (unpaired) electrons. The quantitative estimate of drug-likeness (QED) is 0.0649. The lowest BCUT2D eigenvalue weighted by Crippen LogP contribution is -2.25. The molecule has 0 aliphatic carbocycles. The second kappa shape index (κ2) is 16.1. The van der Waals surface area contributed by atoms with E-state index in [9.17, 15) is 44.3 Å². The molecule has 0 spiro atoms. The number of H-pyrrole nitrogens is 2. The van der Waals surface area contributed by atoms with Crippen LogP contribution >= 0.6 is 0 Å². The van der Waals surface area contributed by atoms with Crippen molar-refractivity contribution in [1.29, 1.82) is 0 Å². The number of pyridine rings is 2. The molecule has 0 saturated heterocycles. The van der Waals surface area contributed by atoms with Crippen molar-refractivity contribution >= 4 is 55.6 Å². The number of rotatable bonds is 12. The Labute approximate surface area is 315 Å². The van der Waals surface area contributed by atoms with Crippen LogP contribution in [0.15, 0.2) is 71.2 Å². The number of alkyl halides is 6. The summed E-state index contributed by atoms with van der Waals surface area (Å²) in [6.07, 6.45) is -6.61. The number of halogens is 6. The normalized spacial score (nSPS) is 13.1. The van der Waals surface area contributed by atoms with E-state index < -0.39 is 59.1 Å². The number of nitrogens with zero attached hydrogens (tertiary/aromatic N) is 4. The van der Waals surface area contributed by atoms with E-state index in [0.717, 1.165) is 0 Å². The number of esters is 2. The number of nitrogens with one attached hydrogen (secondary N) is 2. The monoisotopic (exact) mass is 824 g/mol. The van der Waals surface area contributed by atoms with Crippen molar-refractivity contribution in [2.75, 3.05) is 13.2 Å². The van der Waals surface area contributed by atoms with Gasteiger partial charge in [0, 0.05) is 35.7 Å². The maximum Gasteiger partial charge on any atom is 0.423 e. The van der Waals surface area contributed by atoms with E-state index in [0.29, 0.717) is 11.0 Å². The van der Waals surface area contributed by atoms with Crippen molar-refractivity contribution in [1.82, 2.24) is 29.9 Å². The molecule has 4 aromatic heterocycles. The minimum atomic E-state index is -4.55. The average Bonchev–Trinajstić information content (AvgIpc) is 3.76. The molecule has 2 aromatic carbocycles. The fourth-order valence-electron chi connectivity index (χ4n) is 5.00. The molecule has 0 aliphatic rings. The van der Waals surface area contributed by atoms with E-state index >= 15 is 0 Å². The van der Waals surface area contributed by atoms with Crippen molar-refractivity contribution in [3.8, 4) is 23.0 Å². The number of carbonyl (C=O) groups is 2. The van der Waals surface area contributed by atoms with Crippen LogP contribution < -0.4 is 18.9 Å². The number of imidazole rings is 2. The van der Waals surface area contributed by atoms with E-state index in [-0.39, 0.29) is 78.4 Å². The number of hydrogen-bond donors (Lipinski definition) is 2. The molecule has 6 rings (SSSR count). The molecule has 0 saturated carbocycles. The summed E-state index contributed by atoms with van der Waals surface area (Å²) in [7, 11) is -3.66. The SMILES string of the molecule is Cc1c(OCC(F)(F)F)ccnc1CS(=O)c1nc2ccc(OC(=O)C(=O)Oc3ccc4nc(S(=O)Cc5nccc(OCC(F)(F)F)c5C)[nH]c4c3)cc2[nH]1. The Morgan fingerprint density at radius 1 is 0.643 bits per heavy atom. The molecule has 0 bridgehead atoms. The van der Waals surface area contributed by atoms with Gasteiger partial charge in [0.2, 0.25) is 0 Å². The smallest absolute Gasteiger partial charge is 0.423 e. The van der Waals surface area contributed by atoms with Crippen LogP contribution in [0, 0.1) is 13.8 Å². The maximum absolute atomic E-state index is 13.1. The molecule has 56 heavy (non-hydrogen) atoms. The lowest BCUT2D eigenvalue weighted by molar-refractivity contribution is -0.156. The third-order valence-electron chi connectivity index (χ3n) is 7.72. The van der Waals surface area contributed by atoms with Gasteiger partial charge in [0.1, 0.15) is 23.0 Å². The summed E-state index contributed by atoms with van der Waals surface area (Å²) in [6.45, 7) is -0.0265. The van der Waals surface area contributed by atoms with Crippen molar-refractivity contribution < 1.29 is 63.3 Å². The number of aromatic amines is 2. The predicted molar refractivity (Wildman–Crippen MR) is 185 cm³/mol. The Hall–Kier alpha value is -5.90. The fourth-order valence-corrected chi connectivity index (χ4v) is 7.20. The highest BCUT2D eigenvalue weighted by atomic mass is 32.2. The Bertz CT molecular complexity index is 2330. The summed E-state index contributed by atoms with van der Waals surface area (Å²) in [6, 6.07) is 10.7. The molecular weight excluding hydrogens is 799 g/mol. The highest BCUT2D eigenvalue weighted by Crippen LogP contribution is 2.28. The summed E-state index contributed by atoms with van der Waals surface area (Å²) in [5.74, 6) is -3.49.